The Kier molecular flexibility index (Phi) is 4.50. The molecule has 0 saturated heterocycles. The monoisotopic (exact) mass is 350 g/mol. The molecular weight excluding hydrogens is 320 g/mol. The van der Waals surface area contributed by atoms with Gasteiger partial charge in [-0.15, -0.1) is 0 Å². The van der Waals surface area contributed by atoms with Crippen LogP contribution in [-0.4, -0.2) is 5.78 Å². The quantitative estimate of drug-likeness (QED) is 0.618. The molecule has 0 amide bonds. The second-order valence-electron chi connectivity index (χ2n) is 9.54. The van der Waals surface area contributed by atoms with Gasteiger partial charge in [-0.1, -0.05) is 71.9 Å². The van der Waals surface area contributed by atoms with Crippen molar-refractivity contribution in [1.29, 1.82) is 0 Å². The molecule has 1 heterocycles. The largest absolute Gasteiger partial charge is 0.456 e. The zero-order valence-electron chi connectivity index (χ0n) is 17.1. The molecule has 0 radical (unpaired) electrons. The molecule has 3 rings (SSSR count). The van der Waals surface area contributed by atoms with Gasteiger partial charge in [0, 0.05) is 29.0 Å². The number of hydrogen-bond donors (Lipinski definition) is 0. The molecule has 1 unspecified atom stereocenters. The van der Waals surface area contributed by atoms with Gasteiger partial charge in [-0.05, 0) is 29.4 Å². The topological polar surface area (TPSA) is 26.3 Å². The summed E-state index contributed by atoms with van der Waals surface area (Å²) in [6, 6.07) is 12.7. The predicted octanol–water partition coefficient (Wildman–Crippen LogP) is 6.50. The Bertz CT molecular complexity index is 847. The third-order valence-electron chi connectivity index (χ3n) is 5.17. The standard InChI is InChI=1S/C24H30O2/c1-15(25)12-18-17-10-8-9-11-21(17)26-22-19(18)13-16(23(2,3)4)14-20(22)24(5,6)7/h8-11,13-14,18H,12H2,1-7H3. The van der Waals surface area contributed by atoms with Crippen molar-refractivity contribution < 1.29 is 9.53 Å². The first-order valence-electron chi connectivity index (χ1n) is 9.43. The van der Waals surface area contributed by atoms with Crippen LogP contribution in [0.4, 0.5) is 0 Å². The van der Waals surface area contributed by atoms with E-state index < -0.39 is 0 Å². The fourth-order valence-corrected chi connectivity index (χ4v) is 3.66. The van der Waals surface area contributed by atoms with Gasteiger partial charge in [0.05, 0.1) is 0 Å². The summed E-state index contributed by atoms with van der Waals surface area (Å²) in [5.74, 6) is 2.07. The summed E-state index contributed by atoms with van der Waals surface area (Å²) >= 11 is 0. The lowest BCUT2D eigenvalue weighted by Gasteiger charge is -2.35. The van der Waals surface area contributed by atoms with Gasteiger partial charge in [-0.2, -0.15) is 0 Å². The van der Waals surface area contributed by atoms with Gasteiger partial charge < -0.3 is 4.74 Å². The molecule has 1 atom stereocenters. The van der Waals surface area contributed by atoms with Crippen molar-refractivity contribution >= 4 is 5.78 Å². The molecule has 26 heavy (non-hydrogen) atoms. The third-order valence-corrected chi connectivity index (χ3v) is 5.17. The first kappa shape index (κ1) is 18.7. The number of fused-ring (bicyclic) bond motifs is 2. The highest BCUT2D eigenvalue weighted by Crippen LogP contribution is 2.50. The minimum atomic E-state index is -0.0433. The van der Waals surface area contributed by atoms with Gasteiger partial charge in [0.1, 0.15) is 17.3 Å². The zero-order chi connectivity index (χ0) is 19.3. The smallest absolute Gasteiger partial charge is 0.135 e. The van der Waals surface area contributed by atoms with Crippen LogP contribution in [0.25, 0.3) is 0 Å². The molecule has 1 aliphatic rings. The predicted molar refractivity (Wildman–Crippen MR) is 107 cm³/mol. The Morgan fingerprint density at radius 3 is 2.19 bits per heavy atom. The van der Waals surface area contributed by atoms with Crippen molar-refractivity contribution in [2.24, 2.45) is 0 Å². The lowest BCUT2D eigenvalue weighted by Crippen LogP contribution is -2.22. The molecule has 2 aromatic carbocycles. The molecule has 138 valence electrons. The van der Waals surface area contributed by atoms with Crippen LogP contribution >= 0.6 is 0 Å². The van der Waals surface area contributed by atoms with Crippen molar-refractivity contribution in [3.8, 4) is 11.5 Å². The number of Topliss-reactive ketones (excluding diaryl/α,β-unsaturated/α-hetero) is 1. The number of hydrogen-bond acceptors (Lipinski definition) is 2. The Morgan fingerprint density at radius 1 is 0.962 bits per heavy atom. The molecule has 0 saturated carbocycles. The van der Waals surface area contributed by atoms with Crippen molar-refractivity contribution in [1.82, 2.24) is 0 Å². The fraction of sp³-hybridized carbons (Fsp3) is 0.458. The highest BCUT2D eigenvalue weighted by molar-refractivity contribution is 5.78. The van der Waals surface area contributed by atoms with Crippen LogP contribution in [0.1, 0.15) is 83.1 Å². The number of ketones is 1. The summed E-state index contributed by atoms with van der Waals surface area (Å²) in [5, 5.41) is 0. The fourth-order valence-electron chi connectivity index (χ4n) is 3.66. The lowest BCUT2D eigenvalue weighted by molar-refractivity contribution is -0.117. The number of rotatable bonds is 2. The highest BCUT2D eigenvalue weighted by Gasteiger charge is 2.34. The zero-order valence-corrected chi connectivity index (χ0v) is 17.1. The van der Waals surface area contributed by atoms with E-state index in [1.165, 1.54) is 11.1 Å². The summed E-state index contributed by atoms with van der Waals surface area (Å²) in [4.78, 5) is 12.1. The average molecular weight is 351 g/mol. The highest BCUT2D eigenvalue weighted by atomic mass is 16.5. The van der Waals surface area contributed by atoms with E-state index in [-0.39, 0.29) is 22.5 Å². The summed E-state index contributed by atoms with van der Waals surface area (Å²) < 4.78 is 6.40. The molecule has 0 fully saturated rings. The normalized spacial score (nSPS) is 16.5. The number of benzene rings is 2. The van der Waals surface area contributed by atoms with Gasteiger partial charge in [0.25, 0.3) is 0 Å². The molecule has 0 aliphatic carbocycles. The van der Waals surface area contributed by atoms with Crippen LogP contribution in [-0.2, 0) is 15.6 Å². The number of para-hydroxylation sites is 1. The van der Waals surface area contributed by atoms with Crippen molar-refractivity contribution in [2.75, 3.05) is 0 Å². The average Bonchev–Trinajstić information content (AvgIpc) is 2.51. The molecular formula is C24H30O2. The Morgan fingerprint density at radius 2 is 1.62 bits per heavy atom. The van der Waals surface area contributed by atoms with Gasteiger partial charge >= 0.3 is 0 Å². The van der Waals surface area contributed by atoms with Crippen LogP contribution < -0.4 is 4.74 Å². The third kappa shape index (κ3) is 3.42. The molecule has 2 aromatic rings. The van der Waals surface area contributed by atoms with Crippen LogP contribution in [0, 0.1) is 0 Å². The van der Waals surface area contributed by atoms with Gasteiger partial charge in [-0.25, -0.2) is 0 Å². The summed E-state index contributed by atoms with van der Waals surface area (Å²) in [7, 11) is 0. The number of carbonyl (C=O) groups is 1. The Balaban J connectivity index is 2.31. The van der Waals surface area contributed by atoms with E-state index in [9.17, 15) is 4.79 Å². The van der Waals surface area contributed by atoms with Gasteiger partial charge in [-0.3, -0.25) is 4.79 Å². The molecule has 0 aromatic heterocycles. The van der Waals surface area contributed by atoms with E-state index in [0.717, 1.165) is 22.6 Å². The first-order chi connectivity index (χ1) is 12.0. The summed E-state index contributed by atoms with van der Waals surface area (Å²) in [6.07, 6.45) is 0.505. The van der Waals surface area contributed by atoms with Gasteiger partial charge in [0.2, 0.25) is 0 Å². The molecule has 2 nitrogen and oxygen atoms in total. The molecule has 2 heteroatoms. The van der Waals surface area contributed by atoms with E-state index in [1.807, 2.05) is 18.2 Å². The van der Waals surface area contributed by atoms with Crippen molar-refractivity contribution in [3.05, 3.63) is 58.7 Å². The Hall–Kier alpha value is -2.09. The van der Waals surface area contributed by atoms with E-state index in [4.69, 9.17) is 4.74 Å². The van der Waals surface area contributed by atoms with Crippen LogP contribution in [0.5, 0.6) is 11.5 Å². The molecule has 1 aliphatic heterocycles. The van der Waals surface area contributed by atoms with Crippen LogP contribution in [0.3, 0.4) is 0 Å². The second kappa shape index (κ2) is 6.26. The van der Waals surface area contributed by atoms with Crippen molar-refractivity contribution in [2.45, 2.75) is 71.6 Å². The van der Waals surface area contributed by atoms with Crippen LogP contribution in [0.2, 0.25) is 0 Å². The maximum absolute atomic E-state index is 12.1. The maximum atomic E-state index is 12.1. The number of ether oxygens (including phenoxy) is 1. The lowest BCUT2D eigenvalue weighted by atomic mass is 9.74. The van der Waals surface area contributed by atoms with E-state index in [0.29, 0.717) is 6.42 Å². The van der Waals surface area contributed by atoms with E-state index in [1.54, 1.807) is 6.92 Å². The Labute approximate surface area is 157 Å². The van der Waals surface area contributed by atoms with E-state index in [2.05, 4.69) is 59.7 Å². The second-order valence-corrected chi connectivity index (χ2v) is 9.54. The molecule has 0 N–H and O–H groups in total. The maximum Gasteiger partial charge on any atom is 0.135 e. The van der Waals surface area contributed by atoms with E-state index >= 15 is 0 Å². The van der Waals surface area contributed by atoms with Crippen LogP contribution in [0.15, 0.2) is 36.4 Å². The minimum absolute atomic E-state index is 0.0345. The van der Waals surface area contributed by atoms with Gasteiger partial charge in [0.15, 0.2) is 0 Å². The summed E-state index contributed by atoms with van der Waals surface area (Å²) in [6.45, 7) is 15.0. The van der Waals surface area contributed by atoms with Crippen molar-refractivity contribution in [3.63, 3.8) is 0 Å². The molecule has 0 spiro atoms. The summed E-state index contributed by atoms with van der Waals surface area (Å²) in [5.41, 5.74) is 4.75. The molecule has 0 bridgehead atoms. The number of carbonyl (C=O) groups excluding carboxylic acids is 1. The minimum Gasteiger partial charge on any atom is -0.456 e. The first-order valence-corrected chi connectivity index (χ1v) is 9.43. The SMILES string of the molecule is CC(=O)CC1c2ccccc2Oc2c1cc(C(C)(C)C)cc2C(C)(C)C.